The third-order valence-corrected chi connectivity index (χ3v) is 9.93. The second kappa shape index (κ2) is 9.05. The van der Waals surface area contributed by atoms with E-state index >= 15 is 0 Å². The van der Waals surface area contributed by atoms with Gasteiger partial charge in [0.2, 0.25) is 0 Å². The quantitative estimate of drug-likeness (QED) is 0.600. The number of rotatable bonds is 7. The van der Waals surface area contributed by atoms with E-state index in [1.807, 2.05) is 32.0 Å². The number of amides is 2. The van der Waals surface area contributed by atoms with E-state index in [2.05, 4.69) is 22.5 Å². The number of urea groups is 1. The van der Waals surface area contributed by atoms with Crippen LogP contribution in [0.25, 0.3) is 11.4 Å². The zero-order valence-corrected chi connectivity index (χ0v) is 21.3. The average molecular weight is 500 g/mol. The minimum absolute atomic E-state index is 0.0353. The molecule has 2 aromatic rings. The van der Waals surface area contributed by atoms with Gasteiger partial charge in [0.1, 0.15) is 10.6 Å². The summed E-state index contributed by atoms with van der Waals surface area (Å²) in [5.74, 6) is 1.23. The Kier molecular flexibility index (Phi) is 6.21. The molecule has 2 N–H and O–H groups in total. The van der Waals surface area contributed by atoms with Gasteiger partial charge in [0.05, 0.1) is 30.2 Å². The molecule has 1 aromatic heterocycles. The van der Waals surface area contributed by atoms with Crippen molar-refractivity contribution in [2.75, 3.05) is 30.0 Å². The number of carbonyl (C=O) groups excluding carboxylic acids is 1. The van der Waals surface area contributed by atoms with E-state index in [0.717, 1.165) is 24.2 Å². The minimum Gasteiger partial charge on any atom is -0.377 e. The van der Waals surface area contributed by atoms with Crippen molar-refractivity contribution in [3.63, 3.8) is 0 Å². The standard InChI is InChI=1S/C25H33N5O4S/c1-16(2)26-24(31)27-19-6-4-18(5-7-19)23-28-21(25(10-11-25)35(32,33)20-8-9-20)14-22(29-23)30-12-13-34-15-17(30)3/h4-7,14,16-17,20H,8-13,15H2,1-3H3,(H2,26,27,31)/t17-/m0/s1. The van der Waals surface area contributed by atoms with Gasteiger partial charge in [-0.1, -0.05) is 0 Å². The Balaban J connectivity index is 1.50. The lowest BCUT2D eigenvalue weighted by Crippen LogP contribution is -2.44. The first-order chi connectivity index (χ1) is 16.7. The van der Waals surface area contributed by atoms with Crippen molar-refractivity contribution >= 4 is 27.4 Å². The second-order valence-electron chi connectivity index (χ2n) is 10.1. The summed E-state index contributed by atoms with van der Waals surface area (Å²) in [5.41, 5.74) is 2.02. The molecule has 0 spiro atoms. The molecular weight excluding hydrogens is 466 g/mol. The van der Waals surface area contributed by atoms with Crippen molar-refractivity contribution in [2.45, 2.75) is 68.5 Å². The maximum absolute atomic E-state index is 13.4. The van der Waals surface area contributed by atoms with Crippen LogP contribution >= 0.6 is 0 Å². The van der Waals surface area contributed by atoms with E-state index in [-0.39, 0.29) is 23.4 Å². The summed E-state index contributed by atoms with van der Waals surface area (Å²) in [4.78, 5) is 23.9. The Morgan fingerprint density at radius 3 is 2.49 bits per heavy atom. The maximum atomic E-state index is 13.4. The Morgan fingerprint density at radius 2 is 1.89 bits per heavy atom. The second-order valence-corrected chi connectivity index (χ2v) is 12.7. The minimum atomic E-state index is -3.29. The van der Waals surface area contributed by atoms with Crippen LogP contribution in [-0.4, -0.2) is 61.5 Å². The summed E-state index contributed by atoms with van der Waals surface area (Å²) >= 11 is 0. The predicted molar refractivity (Wildman–Crippen MR) is 135 cm³/mol. The monoisotopic (exact) mass is 499 g/mol. The van der Waals surface area contributed by atoms with Crippen molar-refractivity contribution in [3.8, 4) is 11.4 Å². The van der Waals surface area contributed by atoms with Crippen molar-refractivity contribution in [2.24, 2.45) is 0 Å². The number of nitrogens with one attached hydrogen (secondary N) is 2. The number of morpholine rings is 1. The van der Waals surface area contributed by atoms with E-state index in [9.17, 15) is 13.2 Å². The van der Waals surface area contributed by atoms with Crippen molar-refractivity contribution in [3.05, 3.63) is 36.0 Å². The van der Waals surface area contributed by atoms with Gasteiger partial charge in [0.25, 0.3) is 0 Å². The molecule has 5 rings (SSSR count). The first-order valence-electron chi connectivity index (χ1n) is 12.3. The summed E-state index contributed by atoms with van der Waals surface area (Å²) in [6.07, 6.45) is 2.70. The normalized spacial score (nSPS) is 21.6. The van der Waals surface area contributed by atoms with Gasteiger partial charge in [0.15, 0.2) is 15.7 Å². The predicted octanol–water partition coefficient (Wildman–Crippen LogP) is 3.46. The summed E-state index contributed by atoms with van der Waals surface area (Å²) in [6, 6.07) is 9.08. The summed E-state index contributed by atoms with van der Waals surface area (Å²) < 4.78 is 31.4. The molecule has 1 aliphatic heterocycles. The highest BCUT2D eigenvalue weighted by Crippen LogP contribution is 2.57. The van der Waals surface area contributed by atoms with E-state index < -0.39 is 14.6 Å². The summed E-state index contributed by atoms with van der Waals surface area (Å²) in [7, 11) is -3.29. The van der Waals surface area contributed by atoms with Gasteiger partial charge >= 0.3 is 6.03 Å². The fourth-order valence-electron chi connectivity index (χ4n) is 4.64. The average Bonchev–Trinajstić information content (AvgIpc) is 3.72. The molecule has 0 bridgehead atoms. The Hall–Kier alpha value is -2.72. The number of hydrogen-bond donors (Lipinski definition) is 2. The van der Waals surface area contributed by atoms with Gasteiger partial charge in [0, 0.05) is 29.9 Å². The van der Waals surface area contributed by atoms with Crippen LogP contribution in [0.3, 0.4) is 0 Å². The molecular formula is C25H33N5O4S. The van der Waals surface area contributed by atoms with Crippen LogP contribution in [0.4, 0.5) is 16.3 Å². The molecule has 1 atom stereocenters. The lowest BCUT2D eigenvalue weighted by molar-refractivity contribution is 0.0985. The van der Waals surface area contributed by atoms with Gasteiger partial charge in [-0.15, -0.1) is 0 Å². The van der Waals surface area contributed by atoms with Crippen LogP contribution in [-0.2, 0) is 19.3 Å². The van der Waals surface area contributed by atoms with E-state index in [1.165, 1.54) is 0 Å². The molecule has 3 fully saturated rings. The van der Waals surface area contributed by atoms with Crippen molar-refractivity contribution in [1.82, 2.24) is 15.3 Å². The largest absolute Gasteiger partial charge is 0.377 e. The van der Waals surface area contributed by atoms with Gasteiger partial charge in [-0.2, -0.15) is 0 Å². The van der Waals surface area contributed by atoms with Gasteiger partial charge in [-0.05, 0) is 70.7 Å². The summed E-state index contributed by atoms with van der Waals surface area (Å²) in [6.45, 7) is 7.76. The molecule has 2 aliphatic carbocycles. The number of aromatic nitrogens is 2. The van der Waals surface area contributed by atoms with Crippen LogP contribution in [0.2, 0.25) is 0 Å². The third kappa shape index (κ3) is 4.73. The number of benzene rings is 1. The molecule has 3 aliphatic rings. The molecule has 2 saturated carbocycles. The maximum Gasteiger partial charge on any atom is 0.319 e. The molecule has 9 nitrogen and oxygen atoms in total. The number of anilines is 2. The number of hydrogen-bond acceptors (Lipinski definition) is 7. The molecule has 2 heterocycles. The van der Waals surface area contributed by atoms with Crippen LogP contribution in [0.5, 0.6) is 0 Å². The Labute approximate surface area is 206 Å². The fraction of sp³-hybridized carbons (Fsp3) is 0.560. The first-order valence-corrected chi connectivity index (χ1v) is 13.9. The number of ether oxygens (including phenoxy) is 1. The number of sulfone groups is 1. The van der Waals surface area contributed by atoms with Crippen LogP contribution in [0.15, 0.2) is 30.3 Å². The molecule has 1 saturated heterocycles. The van der Waals surface area contributed by atoms with Gasteiger partial charge < -0.3 is 20.3 Å². The lowest BCUT2D eigenvalue weighted by Gasteiger charge is -2.34. The van der Waals surface area contributed by atoms with Gasteiger partial charge in [-0.3, -0.25) is 0 Å². The van der Waals surface area contributed by atoms with Crippen LogP contribution in [0, 0.1) is 0 Å². The van der Waals surface area contributed by atoms with E-state index in [1.54, 1.807) is 12.1 Å². The lowest BCUT2D eigenvalue weighted by atomic mass is 10.1. The Bertz CT molecular complexity index is 1210. The molecule has 35 heavy (non-hydrogen) atoms. The fourth-order valence-corrected chi connectivity index (χ4v) is 7.10. The summed E-state index contributed by atoms with van der Waals surface area (Å²) in [5, 5.41) is 5.37. The zero-order chi connectivity index (χ0) is 24.8. The number of carbonyl (C=O) groups is 1. The molecule has 0 radical (unpaired) electrons. The highest BCUT2D eigenvalue weighted by atomic mass is 32.2. The topological polar surface area (TPSA) is 114 Å². The van der Waals surface area contributed by atoms with E-state index in [0.29, 0.717) is 49.8 Å². The molecule has 0 unspecified atom stereocenters. The molecule has 188 valence electrons. The zero-order valence-electron chi connectivity index (χ0n) is 20.5. The first kappa shape index (κ1) is 24.0. The molecule has 1 aromatic carbocycles. The smallest absolute Gasteiger partial charge is 0.319 e. The van der Waals surface area contributed by atoms with Crippen LogP contribution < -0.4 is 15.5 Å². The Morgan fingerprint density at radius 1 is 1.17 bits per heavy atom. The third-order valence-electron chi connectivity index (χ3n) is 6.87. The van der Waals surface area contributed by atoms with E-state index in [4.69, 9.17) is 14.7 Å². The highest BCUT2D eigenvalue weighted by molar-refractivity contribution is 7.93. The van der Waals surface area contributed by atoms with Crippen LogP contribution in [0.1, 0.15) is 52.1 Å². The molecule has 10 heteroatoms. The van der Waals surface area contributed by atoms with Crippen molar-refractivity contribution < 1.29 is 17.9 Å². The number of nitrogens with zero attached hydrogens (tertiary/aromatic N) is 3. The molecule has 2 amide bonds. The SMILES string of the molecule is CC(C)NC(=O)Nc1ccc(-c2nc(N3CCOC[C@@H]3C)cc(C3(S(=O)(=O)C4CC4)CC3)n2)cc1. The van der Waals surface area contributed by atoms with Gasteiger partial charge in [-0.25, -0.2) is 23.2 Å². The van der Waals surface area contributed by atoms with Crippen molar-refractivity contribution in [1.29, 1.82) is 0 Å². The highest BCUT2D eigenvalue weighted by Gasteiger charge is 2.61.